The molecule has 0 saturated heterocycles. The second kappa shape index (κ2) is 7.93. The molecule has 0 radical (unpaired) electrons. The predicted octanol–water partition coefficient (Wildman–Crippen LogP) is 2.72. The summed E-state index contributed by atoms with van der Waals surface area (Å²) < 4.78 is 0. The summed E-state index contributed by atoms with van der Waals surface area (Å²) in [6.45, 7) is 2.16. The molecule has 1 atom stereocenters. The topological polar surface area (TPSA) is 63.4 Å². The zero-order chi connectivity index (χ0) is 17.7. The van der Waals surface area contributed by atoms with E-state index in [0.717, 1.165) is 38.4 Å². The number of nitrogens with zero attached hydrogens (tertiary/aromatic N) is 1. The molecule has 1 fully saturated rings. The van der Waals surface area contributed by atoms with Gasteiger partial charge in [0, 0.05) is 6.42 Å². The van der Waals surface area contributed by atoms with E-state index in [2.05, 4.69) is 31.2 Å². The lowest BCUT2D eigenvalue weighted by molar-refractivity contribution is -0.136. The number of rotatable bonds is 7. The Hall–Kier alpha value is -1.68. The molecule has 0 spiro atoms. The van der Waals surface area contributed by atoms with Gasteiger partial charge in [-0.25, -0.2) is 0 Å². The quantitative estimate of drug-likeness (QED) is 0.782. The lowest BCUT2D eigenvalue weighted by atomic mass is 9.68. The molecular formula is C20H30N2O2. The minimum atomic E-state index is -0.838. The lowest BCUT2D eigenvalue weighted by Crippen LogP contribution is -2.60. The average Bonchev–Trinajstić information content (AvgIpc) is 2.55. The van der Waals surface area contributed by atoms with E-state index in [9.17, 15) is 9.59 Å². The molecule has 0 bridgehead atoms. The number of primary amides is 1. The average molecular weight is 330 g/mol. The van der Waals surface area contributed by atoms with Crippen molar-refractivity contribution >= 4 is 12.2 Å². The summed E-state index contributed by atoms with van der Waals surface area (Å²) in [5.41, 5.74) is 7.66. The van der Waals surface area contributed by atoms with Gasteiger partial charge in [-0.1, -0.05) is 24.3 Å². The molecule has 0 aliphatic heterocycles. The van der Waals surface area contributed by atoms with E-state index in [0.29, 0.717) is 5.92 Å². The first-order valence-corrected chi connectivity index (χ1v) is 8.87. The third-order valence-corrected chi connectivity index (χ3v) is 5.91. The van der Waals surface area contributed by atoms with Crippen LogP contribution in [0.15, 0.2) is 24.3 Å². The molecule has 1 aliphatic rings. The van der Waals surface area contributed by atoms with Gasteiger partial charge in [0.05, 0.1) is 0 Å². The van der Waals surface area contributed by atoms with Crippen molar-refractivity contribution in [3.05, 3.63) is 35.4 Å². The van der Waals surface area contributed by atoms with Crippen LogP contribution in [-0.2, 0) is 16.0 Å². The third kappa shape index (κ3) is 3.69. The molecule has 1 aromatic rings. The van der Waals surface area contributed by atoms with E-state index in [1.54, 1.807) is 0 Å². The number of carbonyl (C=O) groups excluding carboxylic acids is 2. The highest BCUT2D eigenvalue weighted by Crippen LogP contribution is 2.40. The van der Waals surface area contributed by atoms with Gasteiger partial charge >= 0.3 is 0 Å². The molecule has 1 aromatic carbocycles. The zero-order valence-electron chi connectivity index (χ0n) is 15.1. The summed E-state index contributed by atoms with van der Waals surface area (Å²) >= 11 is 0. The molecule has 1 unspecified atom stereocenters. The Bertz CT molecular complexity index is 577. The van der Waals surface area contributed by atoms with Crippen molar-refractivity contribution in [3.63, 3.8) is 0 Å². The third-order valence-electron chi connectivity index (χ3n) is 5.91. The SMILES string of the molecule is Cc1ccccc1CC1CCC(C(CC=O)(C(N)=O)N(C)C)CC1. The van der Waals surface area contributed by atoms with Gasteiger partial charge in [-0.05, 0) is 76.1 Å². The maximum absolute atomic E-state index is 12.2. The number of aryl methyl sites for hydroxylation is 1. The molecule has 4 heteroatoms. The fourth-order valence-corrected chi connectivity index (χ4v) is 4.36. The number of nitrogens with two attached hydrogens (primary N) is 1. The monoisotopic (exact) mass is 330 g/mol. The summed E-state index contributed by atoms with van der Waals surface area (Å²) in [6, 6.07) is 8.55. The maximum Gasteiger partial charge on any atom is 0.238 e. The Balaban J connectivity index is 2.06. The normalized spacial score (nSPS) is 23.7. The molecule has 2 N–H and O–H groups in total. The molecule has 0 heterocycles. The Morgan fingerprint density at radius 3 is 2.38 bits per heavy atom. The fraction of sp³-hybridized carbons (Fsp3) is 0.600. The second-order valence-electron chi connectivity index (χ2n) is 7.40. The van der Waals surface area contributed by atoms with Crippen LogP contribution in [-0.4, -0.2) is 36.7 Å². The van der Waals surface area contributed by atoms with Crippen molar-refractivity contribution in [3.8, 4) is 0 Å². The zero-order valence-corrected chi connectivity index (χ0v) is 15.1. The molecule has 1 amide bonds. The van der Waals surface area contributed by atoms with Crippen molar-refractivity contribution in [1.29, 1.82) is 0 Å². The molecule has 4 nitrogen and oxygen atoms in total. The predicted molar refractivity (Wildman–Crippen MR) is 96.6 cm³/mol. The highest BCUT2D eigenvalue weighted by Gasteiger charge is 2.46. The van der Waals surface area contributed by atoms with Crippen LogP contribution >= 0.6 is 0 Å². The van der Waals surface area contributed by atoms with Gasteiger partial charge < -0.3 is 10.5 Å². The highest BCUT2D eigenvalue weighted by atomic mass is 16.2. The molecule has 2 rings (SSSR count). The number of hydrogen-bond acceptors (Lipinski definition) is 3. The van der Waals surface area contributed by atoms with Gasteiger partial charge in [0.2, 0.25) is 5.91 Å². The van der Waals surface area contributed by atoms with Crippen LogP contribution < -0.4 is 5.73 Å². The van der Waals surface area contributed by atoms with E-state index in [-0.39, 0.29) is 18.2 Å². The molecule has 1 saturated carbocycles. The van der Waals surface area contributed by atoms with E-state index in [1.165, 1.54) is 11.1 Å². The van der Waals surface area contributed by atoms with Crippen molar-refractivity contribution < 1.29 is 9.59 Å². The van der Waals surface area contributed by atoms with E-state index < -0.39 is 5.54 Å². The molecule has 0 aromatic heterocycles. The van der Waals surface area contributed by atoms with Crippen molar-refractivity contribution in [2.75, 3.05) is 14.1 Å². The smallest absolute Gasteiger partial charge is 0.238 e. The number of aldehydes is 1. The van der Waals surface area contributed by atoms with Gasteiger partial charge in [-0.3, -0.25) is 9.69 Å². The number of benzene rings is 1. The van der Waals surface area contributed by atoms with Gasteiger partial charge in [0.25, 0.3) is 0 Å². The van der Waals surface area contributed by atoms with Crippen LogP contribution in [0.3, 0.4) is 0 Å². The minimum Gasteiger partial charge on any atom is -0.368 e. The van der Waals surface area contributed by atoms with Crippen LogP contribution in [0, 0.1) is 18.8 Å². The number of amides is 1. The largest absolute Gasteiger partial charge is 0.368 e. The Morgan fingerprint density at radius 2 is 1.88 bits per heavy atom. The van der Waals surface area contributed by atoms with Crippen LogP contribution in [0.4, 0.5) is 0 Å². The lowest BCUT2D eigenvalue weighted by Gasteiger charge is -2.45. The van der Waals surface area contributed by atoms with E-state index in [4.69, 9.17) is 5.73 Å². The van der Waals surface area contributed by atoms with E-state index >= 15 is 0 Å². The van der Waals surface area contributed by atoms with Crippen LogP contribution in [0.2, 0.25) is 0 Å². The Morgan fingerprint density at radius 1 is 1.25 bits per heavy atom. The standard InChI is InChI=1S/C20H30N2O2/c1-15-6-4-5-7-17(15)14-16-8-10-18(11-9-16)20(12-13-23,19(21)24)22(2)3/h4-7,13,16,18H,8-12,14H2,1-3H3,(H2,21,24). The first-order chi connectivity index (χ1) is 11.4. The molecular weight excluding hydrogens is 300 g/mol. The van der Waals surface area contributed by atoms with Crippen molar-refractivity contribution in [2.45, 2.75) is 51.0 Å². The van der Waals surface area contributed by atoms with Gasteiger partial charge in [-0.15, -0.1) is 0 Å². The molecule has 24 heavy (non-hydrogen) atoms. The minimum absolute atomic E-state index is 0.156. The first kappa shape index (κ1) is 18.7. The van der Waals surface area contributed by atoms with Gasteiger partial charge in [0.1, 0.15) is 11.8 Å². The number of carbonyl (C=O) groups is 2. The first-order valence-electron chi connectivity index (χ1n) is 8.87. The van der Waals surface area contributed by atoms with Crippen LogP contribution in [0.5, 0.6) is 0 Å². The highest BCUT2D eigenvalue weighted by molar-refractivity contribution is 5.87. The molecule has 132 valence electrons. The summed E-state index contributed by atoms with van der Waals surface area (Å²) in [5.74, 6) is 0.427. The number of likely N-dealkylation sites (N-methyl/N-ethyl adjacent to an activating group) is 1. The van der Waals surface area contributed by atoms with E-state index in [1.807, 2.05) is 19.0 Å². The van der Waals surface area contributed by atoms with Crippen molar-refractivity contribution in [1.82, 2.24) is 4.90 Å². The summed E-state index contributed by atoms with van der Waals surface area (Å²) in [7, 11) is 3.71. The van der Waals surface area contributed by atoms with Crippen molar-refractivity contribution in [2.24, 2.45) is 17.6 Å². The second-order valence-corrected chi connectivity index (χ2v) is 7.40. The maximum atomic E-state index is 12.2. The Labute approximate surface area is 145 Å². The Kier molecular flexibility index (Phi) is 6.16. The molecule has 1 aliphatic carbocycles. The van der Waals surface area contributed by atoms with Crippen LogP contribution in [0.1, 0.15) is 43.2 Å². The summed E-state index contributed by atoms with van der Waals surface area (Å²) in [4.78, 5) is 25.2. The summed E-state index contributed by atoms with van der Waals surface area (Å²) in [6.07, 6.45) is 6.18. The van der Waals surface area contributed by atoms with Gasteiger partial charge in [0.15, 0.2) is 0 Å². The van der Waals surface area contributed by atoms with Gasteiger partial charge in [-0.2, -0.15) is 0 Å². The van der Waals surface area contributed by atoms with Crippen LogP contribution in [0.25, 0.3) is 0 Å². The number of hydrogen-bond donors (Lipinski definition) is 1. The fourth-order valence-electron chi connectivity index (χ4n) is 4.36. The summed E-state index contributed by atoms with van der Waals surface area (Å²) in [5, 5.41) is 0.